The van der Waals surface area contributed by atoms with Crippen molar-refractivity contribution in [1.29, 1.82) is 0 Å². The Kier molecular flexibility index (Phi) is 6.38. The fraction of sp³-hybridized carbons (Fsp3) is 0.250. The fourth-order valence-corrected chi connectivity index (χ4v) is 3.15. The summed E-state index contributed by atoms with van der Waals surface area (Å²) in [6, 6.07) is 17.2. The number of carbonyl (C=O) groups excluding carboxylic acids is 1. The minimum absolute atomic E-state index is 0.253. The number of hydrogen-bond donors (Lipinski definition) is 1. The van der Waals surface area contributed by atoms with Crippen LogP contribution in [0.4, 0.5) is 5.13 Å². The summed E-state index contributed by atoms with van der Waals surface area (Å²) in [6.45, 7) is 1.70. The topological polar surface area (TPSA) is 73.3 Å². The zero-order chi connectivity index (χ0) is 19.1. The van der Waals surface area contributed by atoms with Gasteiger partial charge in [0.1, 0.15) is 16.5 Å². The second-order valence-electron chi connectivity index (χ2n) is 5.91. The Morgan fingerprint density at radius 2 is 1.78 bits per heavy atom. The van der Waals surface area contributed by atoms with Crippen LogP contribution in [0.3, 0.4) is 0 Å². The van der Waals surface area contributed by atoms with Crippen molar-refractivity contribution in [1.82, 2.24) is 10.2 Å². The van der Waals surface area contributed by atoms with Crippen LogP contribution in [-0.4, -0.2) is 29.3 Å². The number of hydrogen-bond acceptors (Lipinski definition) is 6. The van der Waals surface area contributed by atoms with Crippen LogP contribution in [0.5, 0.6) is 11.5 Å². The number of methoxy groups -OCH3 is 1. The number of aryl methyl sites for hydroxylation is 2. The molecule has 0 saturated carbocycles. The van der Waals surface area contributed by atoms with Crippen molar-refractivity contribution in [2.24, 2.45) is 0 Å². The molecule has 0 radical (unpaired) electrons. The van der Waals surface area contributed by atoms with Gasteiger partial charge in [0.05, 0.1) is 7.11 Å². The van der Waals surface area contributed by atoms with Crippen LogP contribution in [0.25, 0.3) is 0 Å². The lowest BCUT2D eigenvalue weighted by Gasteiger charge is -2.13. The third-order valence-electron chi connectivity index (χ3n) is 3.91. The molecule has 0 bridgehead atoms. The van der Waals surface area contributed by atoms with Crippen LogP contribution in [0.1, 0.15) is 17.5 Å². The maximum atomic E-state index is 12.3. The number of aromatic nitrogens is 2. The second-order valence-corrected chi connectivity index (χ2v) is 6.97. The zero-order valence-electron chi connectivity index (χ0n) is 15.2. The van der Waals surface area contributed by atoms with Crippen molar-refractivity contribution < 1.29 is 14.3 Å². The molecule has 1 atom stereocenters. The first-order valence-electron chi connectivity index (χ1n) is 8.62. The molecule has 0 fully saturated rings. The average Bonchev–Trinajstić information content (AvgIpc) is 3.15. The molecular weight excluding hydrogens is 362 g/mol. The third kappa shape index (κ3) is 5.52. The summed E-state index contributed by atoms with van der Waals surface area (Å²) in [5, 5.41) is 12.3. The summed E-state index contributed by atoms with van der Waals surface area (Å²) in [6.07, 6.45) is 0.981. The highest BCUT2D eigenvalue weighted by atomic mass is 32.1. The molecule has 140 valence electrons. The number of nitrogens with zero attached hydrogens (tertiary/aromatic N) is 2. The van der Waals surface area contributed by atoms with Crippen molar-refractivity contribution in [3.05, 3.63) is 65.2 Å². The van der Waals surface area contributed by atoms with Crippen LogP contribution < -0.4 is 14.8 Å². The van der Waals surface area contributed by atoms with Gasteiger partial charge in [-0.3, -0.25) is 10.1 Å². The number of rotatable bonds is 8. The molecule has 3 aromatic rings. The average molecular weight is 383 g/mol. The Labute approximate surface area is 162 Å². The van der Waals surface area contributed by atoms with Crippen molar-refractivity contribution >= 4 is 22.4 Å². The molecule has 1 amide bonds. The number of anilines is 1. The molecule has 27 heavy (non-hydrogen) atoms. The summed E-state index contributed by atoms with van der Waals surface area (Å²) in [5.41, 5.74) is 1.20. The predicted molar refractivity (Wildman–Crippen MR) is 105 cm³/mol. The van der Waals surface area contributed by atoms with Gasteiger partial charge >= 0.3 is 0 Å². The highest BCUT2D eigenvalue weighted by molar-refractivity contribution is 7.15. The maximum absolute atomic E-state index is 12.3. The van der Waals surface area contributed by atoms with E-state index < -0.39 is 6.10 Å². The normalized spacial score (nSPS) is 11.6. The fourth-order valence-electron chi connectivity index (χ4n) is 2.41. The molecule has 0 aliphatic heterocycles. The van der Waals surface area contributed by atoms with Gasteiger partial charge in [-0.2, -0.15) is 0 Å². The number of carbonyl (C=O) groups is 1. The van der Waals surface area contributed by atoms with Gasteiger partial charge in [0.2, 0.25) is 5.13 Å². The lowest BCUT2D eigenvalue weighted by molar-refractivity contribution is -0.122. The Hall–Kier alpha value is -2.93. The SMILES string of the molecule is COc1ccc(CCc2nnc(NC(=O)[C@H](C)Oc3ccccc3)s2)cc1. The van der Waals surface area contributed by atoms with E-state index in [1.807, 2.05) is 54.6 Å². The van der Waals surface area contributed by atoms with Crippen LogP contribution in [-0.2, 0) is 17.6 Å². The summed E-state index contributed by atoms with van der Waals surface area (Å²) in [7, 11) is 1.65. The van der Waals surface area contributed by atoms with E-state index in [9.17, 15) is 4.79 Å². The van der Waals surface area contributed by atoms with E-state index in [0.717, 1.165) is 23.6 Å². The molecule has 0 aliphatic carbocycles. The molecule has 1 N–H and O–H groups in total. The van der Waals surface area contributed by atoms with Crippen LogP contribution in [0, 0.1) is 0 Å². The minimum Gasteiger partial charge on any atom is -0.497 e. The Bertz CT molecular complexity index is 866. The molecule has 3 rings (SSSR count). The lowest BCUT2D eigenvalue weighted by Crippen LogP contribution is -2.30. The first-order chi connectivity index (χ1) is 13.1. The van der Waals surface area contributed by atoms with E-state index in [1.54, 1.807) is 14.0 Å². The van der Waals surface area contributed by atoms with Gasteiger partial charge < -0.3 is 9.47 Å². The monoisotopic (exact) mass is 383 g/mol. The standard InChI is InChI=1S/C20H21N3O3S/c1-14(26-17-6-4-3-5-7-17)19(24)21-20-23-22-18(27-20)13-10-15-8-11-16(25-2)12-9-15/h3-9,11-12,14H,10,13H2,1-2H3,(H,21,23,24)/t14-/m0/s1. The molecule has 0 unspecified atom stereocenters. The van der Waals surface area contributed by atoms with Crippen molar-refractivity contribution in [3.63, 3.8) is 0 Å². The number of amides is 1. The van der Waals surface area contributed by atoms with Gasteiger partial charge in [0, 0.05) is 6.42 Å². The summed E-state index contributed by atoms with van der Waals surface area (Å²) in [5.74, 6) is 1.24. The van der Waals surface area contributed by atoms with Crippen molar-refractivity contribution in [2.75, 3.05) is 12.4 Å². The van der Waals surface area contributed by atoms with Crippen molar-refractivity contribution in [2.45, 2.75) is 25.9 Å². The van der Waals surface area contributed by atoms with Gasteiger partial charge in [0.25, 0.3) is 5.91 Å². The smallest absolute Gasteiger partial charge is 0.266 e. The molecular formula is C20H21N3O3S. The first-order valence-corrected chi connectivity index (χ1v) is 9.43. The number of para-hydroxylation sites is 1. The predicted octanol–water partition coefficient (Wildman–Crippen LogP) is 3.74. The van der Waals surface area contributed by atoms with Gasteiger partial charge in [-0.1, -0.05) is 41.7 Å². The molecule has 1 aromatic heterocycles. The molecule has 6 nitrogen and oxygen atoms in total. The number of benzene rings is 2. The van der Waals surface area contributed by atoms with E-state index in [1.165, 1.54) is 16.9 Å². The van der Waals surface area contributed by atoms with E-state index in [-0.39, 0.29) is 5.91 Å². The molecule has 0 spiro atoms. The van der Waals surface area contributed by atoms with Crippen LogP contribution in [0.2, 0.25) is 0 Å². The minimum atomic E-state index is -0.626. The molecule has 2 aromatic carbocycles. The number of nitrogens with one attached hydrogen (secondary N) is 1. The largest absolute Gasteiger partial charge is 0.497 e. The molecule has 1 heterocycles. The van der Waals surface area contributed by atoms with E-state index in [4.69, 9.17) is 9.47 Å². The Morgan fingerprint density at radius 1 is 1.04 bits per heavy atom. The quantitative estimate of drug-likeness (QED) is 0.641. The van der Waals surface area contributed by atoms with E-state index in [2.05, 4.69) is 15.5 Å². The highest BCUT2D eigenvalue weighted by Crippen LogP contribution is 2.19. The molecule has 0 saturated heterocycles. The van der Waals surface area contributed by atoms with Gasteiger partial charge in [-0.15, -0.1) is 10.2 Å². The Balaban J connectivity index is 1.50. The number of ether oxygens (including phenoxy) is 2. The van der Waals surface area contributed by atoms with Crippen LogP contribution in [0.15, 0.2) is 54.6 Å². The van der Waals surface area contributed by atoms with E-state index in [0.29, 0.717) is 10.9 Å². The maximum Gasteiger partial charge on any atom is 0.266 e. The van der Waals surface area contributed by atoms with Crippen molar-refractivity contribution in [3.8, 4) is 11.5 Å². The molecule has 0 aliphatic rings. The second kappa shape index (κ2) is 9.14. The Morgan fingerprint density at radius 3 is 2.48 bits per heavy atom. The van der Waals surface area contributed by atoms with Gasteiger partial charge in [-0.25, -0.2) is 0 Å². The highest BCUT2D eigenvalue weighted by Gasteiger charge is 2.17. The zero-order valence-corrected chi connectivity index (χ0v) is 16.0. The van der Waals surface area contributed by atoms with Gasteiger partial charge in [-0.05, 0) is 43.2 Å². The summed E-state index contributed by atoms with van der Waals surface area (Å²) >= 11 is 1.38. The van der Waals surface area contributed by atoms with E-state index >= 15 is 0 Å². The molecule has 7 heteroatoms. The van der Waals surface area contributed by atoms with Crippen LogP contribution >= 0.6 is 11.3 Å². The summed E-state index contributed by atoms with van der Waals surface area (Å²) in [4.78, 5) is 12.3. The lowest BCUT2D eigenvalue weighted by atomic mass is 10.1. The first kappa shape index (κ1) is 18.8. The van der Waals surface area contributed by atoms with Gasteiger partial charge in [0.15, 0.2) is 6.10 Å². The summed E-state index contributed by atoms with van der Waals surface area (Å²) < 4.78 is 10.8. The third-order valence-corrected chi connectivity index (χ3v) is 4.81.